The van der Waals surface area contributed by atoms with Crippen molar-refractivity contribution >= 4 is 50.2 Å². The first-order chi connectivity index (χ1) is 8.49. The van der Waals surface area contributed by atoms with Crippen molar-refractivity contribution in [3.8, 4) is 5.75 Å². The van der Waals surface area contributed by atoms with Crippen LogP contribution in [-0.4, -0.2) is 41.6 Å². The molecule has 2 rings (SSSR count). The maximum Gasteiger partial charge on any atom is 0.254 e. The first-order valence-electron chi connectivity index (χ1n) is 5.69. The largest absolute Gasteiger partial charge is 0.506 e. The highest BCUT2D eigenvalue weighted by Crippen LogP contribution is 2.33. The van der Waals surface area contributed by atoms with Crippen molar-refractivity contribution in [2.45, 2.75) is 13.0 Å². The van der Waals surface area contributed by atoms with Gasteiger partial charge in [-0.15, -0.1) is 12.4 Å². The summed E-state index contributed by atoms with van der Waals surface area (Å²) < 4.78 is 1.03. The molecule has 4 nitrogen and oxygen atoms in total. The molecule has 1 saturated heterocycles. The van der Waals surface area contributed by atoms with Gasteiger partial charge in [0.25, 0.3) is 5.91 Å². The standard InChI is InChI=1S/C12H14Br2N2O2.ClH/c1-7-6-16(3-2-15-7)12(18)8-4-9(13)11(17)10(14)5-8;/h4-5,7,15,17H,2-3,6H2,1H3;1H/t7-;/m1./s1. The van der Waals surface area contributed by atoms with E-state index in [0.717, 1.165) is 6.54 Å². The van der Waals surface area contributed by atoms with Crippen LogP contribution in [0.1, 0.15) is 17.3 Å². The van der Waals surface area contributed by atoms with Gasteiger partial charge in [0.1, 0.15) is 5.75 Å². The second-order valence-corrected chi connectivity index (χ2v) is 6.10. The van der Waals surface area contributed by atoms with Crippen LogP contribution >= 0.6 is 44.3 Å². The van der Waals surface area contributed by atoms with Crippen molar-refractivity contribution < 1.29 is 9.90 Å². The Morgan fingerprint density at radius 2 is 2.00 bits per heavy atom. The normalized spacial score (nSPS) is 18.9. The zero-order valence-corrected chi connectivity index (χ0v) is 14.3. The van der Waals surface area contributed by atoms with Gasteiger partial charge in [-0.05, 0) is 50.9 Å². The van der Waals surface area contributed by atoms with Crippen LogP contribution in [0.3, 0.4) is 0 Å². The number of nitrogens with zero attached hydrogens (tertiary/aromatic N) is 1. The summed E-state index contributed by atoms with van der Waals surface area (Å²) >= 11 is 6.48. The first kappa shape index (κ1) is 16.8. The highest BCUT2D eigenvalue weighted by atomic mass is 79.9. The molecule has 0 aliphatic carbocycles. The van der Waals surface area contributed by atoms with E-state index in [1.54, 1.807) is 12.1 Å². The second-order valence-electron chi connectivity index (χ2n) is 4.39. The van der Waals surface area contributed by atoms with Gasteiger partial charge in [0.05, 0.1) is 8.95 Å². The summed E-state index contributed by atoms with van der Waals surface area (Å²) in [5.74, 6) is 0.102. The van der Waals surface area contributed by atoms with Crippen LogP contribution in [0, 0.1) is 0 Å². The average Bonchev–Trinajstić information content (AvgIpc) is 2.34. The molecule has 0 spiro atoms. The third-order valence-electron chi connectivity index (χ3n) is 2.92. The molecule has 1 aliphatic heterocycles. The summed E-state index contributed by atoms with van der Waals surface area (Å²) in [6.45, 7) is 4.28. The number of rotatable bonds is 1. The Kier molecular flexibility index (Phi) is 6.11. The minimum absolute atomic E-state index is 0. The zero-order chi connectivity index (χ0) is 13.3. The summed E-state index contributed by atoms with van der Waals surface area (Å²) in [4.78, 5) is 14.2. The lowest BCUT2D eigenvalue weighted by molar-refractivity contribution is 0.0709. The van der Waals surface area contributed by atoms with Crippen LogP contribution in [0.25, 0.3) is 0 Å². The van der Waals surface area contributed by atoms with Gasteiger partial charge in [0.2, 0.25) is 0 Å². The van der Waals surface area contributed by atoms with Crippen LogP contribution in [0.15, 0.2) is 21.1 Å². The highest BCUT2D eigenvalue weighted by Gasteiger charge is 2.22. The molecule has 1 heterocycles. The third-order valence-corrected chi connectivity index (χ3v) is 4.13. The van der Waals surface area contributed by atoms with Crippen LogP contribution < -0.4 is 5.32 Å². The minimum Gasteiger partial charge on any atom is -0.506 e. The maximum absolute atomic E-state index is 12.3. The van der Waals surface area contributed by atoms with Crippen molar-refractivity contribution in [1.82, 2.24) is 10.2 Å². The molecule has 1 aromatic carbocycles. The van der Waals surface area contributed by atoms with Crippen molar-refractivity contribution in [2.75, 3.05) is 19.6 Å². The lowest BCUT2D eigenvalue weighted by atomic mass is 10.1. The Bertz CT molecular complexity index is 462. The number of nitrogens with one attached hydrogen (secondary N) is 1. The number of hydrogen-bond donors (Lipinski definition) is 2. The Hall–Kier alpha value is -0.300. The van der Waals surface area contributed by atoms with Crippen LogP contribution in [0.4, 0.5) is 0 Å². The van der Waals surface area contributed by atoms with Gasteiger partial charge in [-0.3, -0.25) is 4.79 Å². The average molecular weight is 415 g/mol. The molecule has 2 N–H and O–H groups in total. The molecule has 1 aliphatic rings. The van der Waals surface area contributed by atoms with Gasteiger partial charge in [-0.1, -0.05) is 0 Å². The predicted octanol–water partition coefficient (Wildman–Crippen LogP) is 2.77. The third kappa shape index (κ3) is 3.84. The fourth-order valence-electron chi connectivity index (χ4n) is 1.99. The van der Waals surface area contributed by atoms with E-state index >= 15 is 0 Å². The van der Waals surface area contributed by atoms with Crippen LogP contribution in [0.2, 0.25) is 0 Å². The van der Waals surface area contributed by atoms with E-state index in [0.29, 0.717) is 33.6 Å². The summed E-state index contributed by atoms with van der Waals surface area (Å²) in [6, 6.07) is 3.61. The van der Waals surface area contributed by atoms with E-state index in [2.05, 4.69) is 44.1 Å². The zero-order valence-electron chi connectivity index (χ0n) is 10.3. The molecule has 106 valence electrons. The molecule has 7 heteroatoms. The number of phenolic OH excluding ortho intramolecular Hbond substituents is 1. The molecule has 0 unspecified atom stereocenters. The monoisotopic (exact) mass is 412 g/mol. The lowest BCUT2D eigenvalue weighted by Crippen LogP contribution is -2.51. The fraction of sp³-hybridized carbons (Fsp3) is 0.417. The fourth-order valence-corrected chi connectivity index (χ4v) is 3.17. The minimum atomic E-state index is -0.00949. The lowest BCUT2D eigenvalue weighted by Gasteiger charge is -2.32. The molecule has 1 aromatic rings. The number of carbonyl (C=O) groups excluding carboxylic acids is 1. The van der Waals surface area contributed by atoms with Gasteiger partial charge < -0.3 is 15.3 Å². The molecular weight excluding hydrogens is 399 g/mol. The molecule has 0 bridgehead atoms. The summed E-state index contributed by atoms with van der Waals surface area (Å²) in [7, 11) is 0. The maximum atomic E-state index is 12.3. The first-order valence-corrected chi connectivity index (χ1v) is 7.28. The Labute approximate surface area is 135 Å². The predicted molar refractivity (Wildman–Crippen MR) is 84.1 cm³/mol. The van der Waals surface area contributed by atoms with Gasteiger partial charge in [0.15, 0.2) is 0 Å². The smallest absolute Gasteiger partial charge is 0.254 e. The number of amides is 1. The summed E-state index contributed by atoms with van der Waals surface area (Å²) in [6.07, 6.45) is 0. The van der Waals surface area contributed by atoms with Gasteiger partial charge in [0, 0.05) is 31.2 Å². The molecule has 0 aromatic heterocycles. The van der Waals surface area contributed by atoms with Crippen molar-refractivity contribution in [2.24, 2.45) is 0 Å². The Morgan fingerprint density at radius 1 is 1.42 bits per heavy atom. The van der Waals surface area contributed by atoms with Crippen LogP contribution in [0.5, 0.6) is 5.75 Å². The molecule has 1 amide bonds. The van der Waals surface area contributed by atoms with Gasteiger partial charge in [-0.25, -0.2) is 0 Å². The van der Waals surface area contributed by atoms with Crippen LogP contribution in [-0.2, 0) is 0 Å². The number of hydrogen-bond acceptors (Lipinski definition) is 3. The van der Waals surface area contributed by atoms with Crippen molar-refractivity contribution in [3.05, 3.63) is 26.6 Å². The van der Waals surface area contributed by atoms with E-state index in [-0.39, 0.29) is 24.1 Å². The second kappa shape index (κ2) is 6.92. The van der Waals surface area contributed by atoms with E-state index in [1.165, 1.54) is 0 Å². The number of halogens is 3. The van der Waals surface area contributed by atoms with E-state index in [4.69, 9.17) is 0 Å². The summed E-state index contributed by atoms with van der Waals surface area (Å²) in [5.41, 5.74) is 0.570. The Morgan fingerprint density at radius 3 is 2.53 bits per heavy atom. The number of carbonyl (C=O) groups is 1. The quantitative estimate of drug-likeness (QED) is 0.743. The van der Waals surface area contributed by atoms with E-state index < -0.39 is 0 Å². The molecule has 1 atom stereocenters. The van der Waals surface area contributed by atoms with E-state index in [9.17, 15) is 9.90 Å². The van der Waals surface area contributed by atoms with Crippen molar-refractivity contribution in [1.29, 1.82) is 0 Å². The Balaban J connectivity index is 0.00000180. The molecule has 0 radical (unpaired) electrons. The van der Waals surface area contributed by atoms with Gasteiger partial charge >= 0.3 is 0 Å². The molecular formula is C12H15Br2ClN2O2. The number of aromatic hydroxyl groups is 1. The van der Waals surface area contributed by atoms with E-state index in [1.807, 2.05) is 4.90 Å². The number of phenols is 1. The number of piperazine rings is 1. The highest BCUT2D eigenvalue weighted by molar-refractivity contribution is 9.11. The molecule has 0 saturated carbocycles. The molecule has 19 heavy (non-hydrogen) atoms. The topological polar surface area (TPSA) is 52.6 Å². The number of benzene rings is 1. The SMILES string of the molecule is C[C@@H]1CN(C(=O)c2cc(Br)c(O)c(Br)c2)CCN1.Cl. The molecule has 1 fully saturated rings. The van der Waals surface area contributed by atoms with Gasteiger partial charge in [-0.2, -0.15) is 0 Å². The summed E-state index contributed by atoms with van der Waals surface area (Å²) in [5, 5.41) is 12.9. The van der Waals surface area contributed by atoms with Crippen molar-refractivity contribution in [3.63, 3.8) is 0 Å².